The van der Waals surface area contributed by atoms with Gasteiger partial charge in [0.05, 0.1) is 17.3 Å². The van der Waals surface area contributed by atoms with Crippen molar-refractivity contribution in [3.05, 3.63) is 58.1 Å². The van der Waals surface area contributed by atoms with Crippen LogP contribution in [0.5, 0.6) is 11.5 Å². The SMILES string of the molecule is CCOc1cc(/C=N/NC(=O)C(NC(=O)c2ccccc2)C(C)C)cc(Br)c1O. The second kappa shape index (κ2) is 10.6. The summed E-state index contributed by atoms with van der Waals surface area (Å²) in [5, 5.41) is 16.7. The predicted molar refractivity (Wildman–Crippen MR) is 115 cm³/mol. The minimum atomic E-state index is -0.745. The summed E-state index contributed by atoms with van der Waals surface area (Å²) in [5.41, 5.74) is 3.55. The van der Waals surface area contributed by atoms with Crippen LogP contribution < -0.4 is 15.5 Å². The first-order chi connectivity index (χ1) is 13.8. The van der Waals surface area contributed by atoms with E-state index in [4.69, 9.17) is 4.74 Å². The summed E-state index contributed by atoms with van der Waals surface area (Å²) in [6, 6.07) is 11.2. The van der Waals surface area contributed by atoms with Crippen LogP contribution in [-0.2, 0) is 4.79 Å². The number of halogens is 1. The molecule has 2 amide bonds. The van der Waals surface area contributed by atoms with Crippen LogP contribution in [0, 0.1) is 5.92 Å². The minimum absolute atomic E-state index is 0.00321. The smallest absolute Gasteiger partial charge is 0.262 e. The molecule has 0 radical (unpaired) electrons. The molecule has 0 saturated carbocycles. The third kappa shape index (κ3) is 6.32. The normalized spacial score (nSPS) is 12.0. The topological polar surface area (TPSA) is 100 Å². The van der Waals surface area contributed by atoms with Crippen molar-refractivity contribution in [1.29, 1.82) is 0 Å². The lowest BCUT2D eigenvalue weighted by Crippen LogP contribution is -2.48. The third-order valence-corrected chi connectivity index (χ3v) is 4.62. The molecule has 0 bridgehead atoms. The Balaban J connectivity index is 2.06. The van der Waals surface area contributed by atoms with Gasteiger partial charge in [0.15, 0.2) is 11.5 Å². The van der Waals surface area contributed by atoms with Gasteiger partial charge in [0.25, 0.3) is 11.8 Å². The molecule has 1 atom stereocenters. The predicted octanol–water partition coefficient (Wildman–Crippen LogP) is 3.46. The number of amides is 2. The highest BCUT2D eigenvalue weighted by Crippen LogP contribution is 2.35. The minimum Gasteiger partial charge on any atom is -0.503 e. The number of ether oxygens (including phenoxy) is 1. The third-order valence-electron chi connectivity index (χ3n) is 4.01. The molecule has 7 nitrogen and oxygen atoms in total. The Kier molecular flexibility index (Phi) is 8.21. The molecule has 0 saturated heterocycles. The molecule has 2 aromatic carbocycles. The van der Waals surface area contributed by atoms with Gasteiger partial charge in [0.1, 0.15) is 6.04 Å². The number of nitrogens with zero attached hydrogens (tertiary/aromatic N) is 1. The molecule has 0 aliphatic carbocycles. The van der Waals surface area contributed by atoms with Gasteiger partial charge in [0, 0.05) is 5.56 Å². The van der Waals surface area contributed by atoms with Gasteiger partial charge >= 0.3 is 0 Å². The molecule has 3 N–H and O–H groups in total. The summed E-state index contributed by atoms with van der Waals surface area (Å²) < 4.78 is 5.81. The van der Waals surface area contributed by atoms with Crippen LogP contribution in [0.2, 0.25) is 0 Å². The molecule has 0 aromatic heterocycles. The maximum absolute atomic E-state index is 12.5. The van der Waals surface area contributed by atoms with E-state index in [1.54, 1.807) is 36.4 Å². The van der Waals surface area contributed by atoms with E-state index in [1.807, 2.05) is 26.8 Å². The van der Waals surface area contributed by atoms with E-state index in [0.717, 1.165) is 0 Å². The lowest BCUT2D eigenvalue weighted by atomic mass is 10.0. The number of hydrazone groups is 1. The van der Waals surface area contributed by atoms with Gasteiger partial charge in [-0.2, -0.15) is 5.10 Å². The first-order valence-corrected chi connectivity index (χ1v) is 9.96. The van der Waals surface area contributed by atoms with E-state index in [2.05, 4.69) is 31.8 Å². The van der Waals surface area contributed by atoms with Gasteiger partial charge in [-0.3, -0.25) is 9.59 Å². The fraction of sp³-hybridized carbons (Fsp3) is 0.286. The average Bonchev–Trinajstić information content (AvgIpc) is 2.70. The van der Waals surface area contributed by atoms with Gasteiger partial charge < -0.3 is 15.2 Å². The Morgan fingerprint density at radius 3 is 2.55 bits per heavy atom. The molecule has 29 heavy (non-hydrogen) atoms. The molecule has 154 valence electrons. The Morgan fingerprint density at radius 2 is 1.93 bits per heavy atom. The Bertz CT molecular complexity index is 885. The van der Waals surface area contributed by atoms with E-state index in [0.29, 0.717) is 28.0 Å². The number of carbonyl (C=O) groups is 2. The van der Waals surface area contributed by atoms with Crippen molar-refractivity contribution in [3.8, 4) is 11.5 Å². The van der Waals surface area contributed by atoms with Gasteiger partial charge in [0.2, 0.25) is 0 Å². The standard InChI is InChI=1S/C21H24BrN3O4/c1-4-29-17-11-14(10-16(22)19(17)26)12-23-25-21(28)18(13(2)3)24-20(27)15-8-6-5-7-9-15/h5-13,18,26H,4H2,1-3H3,(H,24,27)(H,25,28)/b23-12+. The molecular weight excluding hydrogens is 438 g/mol. The number of benzene rings is 2. The van der Waals surface area contributed by atoms with Gasteiger partial charge in [-0.1, -0.05) is 32.0 Å². The molecule has 0 aliphatic rings. The lowest BCUT2D eigenvalue weighted by Gasteiger charge is -2.20. The molecule has 2 rings (SSSR count). The van der Waals surface area contributed by atoms with Crippen molar-refractivity contribution >= 4 is 34.0 Å². The van der Waals surface area contributed by atoms with Gasteiger partial charge in [-0.05, 0) is 58.6 Å². The van der Waals surface area contributed by atoms with E-state index in [-0.39, 0.29) is 17.6 Å². The molecule has 1 unspecified atom stereocenters. The average molecular weight is 462 g/mol. The number of phenolic OH excluding ortho intramolecular Hbond substituents is 1. The molecule has 2 aromatic rings. The summed E-state index contributed by atoms with van der Waals surface area (Å²) in [6.07, 6.45) is 1.43. The molecule has 0 spiro atoms. The Hall–Kier alpha value is -2.87. The summed E-state index contributed by atoms with van der Waals surface area (Å²) in [7, 11) is 0. The number of rotatable bonds is 8. The first-order valence-electron chi connectivity index (χ1n) is 9.17. The van der Waals surface area contributed by atoms with Gasteiger partial charge in [-0.15, -0.1) is 0 Å². The van der Waals surface area contributed by atoms with Crippen LogP contribution in [0.15, 0.2) is 52.0 Å². The molecule has 0 fully saturated rings. The first kappa shape index (κ1) is 22.4. The summed E-state index contributed by atoms with van der Waals surface area (Å²) in [4.78, 5) is 24.9. The molecule has 8 heteroatoms. The largest absolute Gasteiger partial charge is 0.503 e. The number of nitrogens with one attached hydrogen (secondary N) is 2. The van der Waals surface area contributed by atoms with E-state index in [1.165, 1.54) is 6.21 Å². The summed E-state index contributed by atoms with van der Waals surface area (Å²) in [6.45, 7) is 5.88. The number of hydrogen-bond donors (Lipinski definition) is 3. The van der Waals surface area contributed by atoms with Crippen molar-refractivity contribution in [2.45, 2.75) is 26.8 Å². The zero-order valence-corrected chi connectivity index (χ0v) is 18.1. The van der Waals surface area contributed by atoms with E-state index < -0.39 is 11.9 Å². The Morgan fingerprint density at radius 1 is 1.24 bits per heavy atom. The van der Waals surface area contributed by atoms with E-state index in [9.17, 15) is 14.7 Å². The highest BCUT2D eigenvalue weighted by Gasteiger charge is 2.24. The van der Waals surface area contributed by atoms with E-state index >= 15 is 0 Å². The summed E-state index contributed by atoms with van der Waals surface area (Å²) in [5.74, 6) is -0.581. The van der Waals surface area contributed by atoms with Crippen molar-refractivity contribution in [1.82, 2.24) is 10.7 Å². The number of phenols is 1. The number of aromatic hydroxyl groups is 1. The highest BCUT2D eigenvalue weighted by molar-refractivity contribution is 9.10. The second-order valence-corrected chi connectivity index (χ2v) is 7.43. The van der Waals surface area contributed by atoms with Crippen LogP contribution in [0.4, 0.5) is 0 Å². The van der Waals surface area contributed by atoms with Crippen LogP contribution in [-0.4, -0.2) is 35.8 Å². The number of carbonyl (C=O) groups excluding carboxylic acids is 2. The van der Waals surface area contributed by atoms with Crippen LogP contribution in [0.3, 0.4) is 0 Å². The van der Waals surface area contributed by atoms with Crippen LogP contribution in [0.25, 0.3) is 0 Å². The van der Waals surface area contributed by atoms with Crippen molar-refractivity contribution in [2.75, 3.05) is 6.61 Å². The summed E-state index contributed by atoms with van der Waals surface area (Å²) >= 11 is 3.25. The fourth-order valence-corrected chi connectivity index (χ4v) is 2.98. The molecule has 0 heterocycles. The Labute approximate surface area is 178 Å². The van der Waals surface area contributed by atoms with Crippen LogP contribution in [0.1, 0.15) is 36.7 Å². The fourth-order valence-electron chi connectivity index (χ4n) is 2.52. The maximum atomic E-state index is 12.5. The zero-order chi connectivity index (χ0) is 21.4. The quantitative estimate of drug-likeness (QED) is 0.413. The monoisotopic (exact) mass is 461 g/mol. The van der Waals surface area contributed by atoms with Gasteiger partial charge in [-0.25, -0.2) is 5.43 Å². The molecular formula is C21H24BrN3O4. The lowest BCUT2D eigenvalue weighted by molar-refractivity contribution is -0.123. The molecule has 0 aliphatic heterocycles. The maximum Gasteiger partial charge on any atom is 0.262 e. The zero-order valence-electron chi connectivity index (χ0n) is 16.5. The van der Waals surface area contributed by atoms with Crippen molar-refractivity contribution < 1.29 is 19.4 Å². The second-order valence-electron chi connectivity index (χ2n) is 6.58. The van der Waals surface area contributed by atoms with Crippen LogP contribution >= 0.6 is 15.9 Å². The van der Waals surface area contributed by atoms with Crippen molar-refractivity contribution in [3.63, 3.8) is 0 Å². The highest BCUT2D eigenvalue weighted by atomic mass is 79.9. The van der Waals surface area contributed by atoms with Crippen molar-refractivity contribution in [2.24, 2.45) is 11.0 Å². The number of hydrogen-bond acceptors (Lipinski definition) is 5.